The molecule has 126 valence electrons. The van der Waals surface area contributed by atoms with E-state index in [4.69, 9.17) is 9.15 Å². The van der Waals surface area contributed by atoms with Crippen molar-refractivity contribution >= 4 is 19.4 Å². The number of esters is 1. The Morgan fingerprint density at radius 1 is 1.14 bits per heavy atom. The van der Waals surface area contributed by atoms with E-state index < -0.39 is 8.07 Å². The molecule has 4 heteroatoms. The fourth-order valence-corrected chi connectivity index (χ4v) is 3.32. The molecular formula is C18H32O3Si. The number of hydrogen-bond donors (Lipinski definition) is 0. The summed E-state index contributed by atoms with van der Waals surface area (Å²) in [6.45, 7) is 9.55. The zero-order chi connectivity index (χ0) is 16.4. The van der Waals surface area contributed by atoms with Crippen molar-refractivity contribution in [3.05, 3.63) is 17.9 Å². The van der Waals surface area contributed by atoms with Gasteiger partial charge >= 0.3 is 5.97 Å². The maximum absolute atomic E-state index is 11.7. The topological polar surface area (TPSA) is 39.4 Å². The van der Waals surface area contributed by atoms with Crippen LogP contribution in [0.25, 0.3) is 0 Å². The van der Waals surface area contributed by atoms with Crippen LogP contribution in [0.5, 0.6) is 0 Å². The van der Waals surface area contributed by atoms with Crippen LogP contribution in [0, 0.1) is 0 Å². The maximum atomic E-state index is 11.7. The number of unbranched alkanes of at least 4 members (excludes halogenated alkanes) is 5. The van der Waals surface area contributed by atoms with Crippen LogP contribution in [0.3, 0.4) is 0 Å². The van der Waals surface area contributed by atoms with Gasteiger partial charge in [-0.15, -0.1) is 0 Å². The average molecular weight is 325 g/mol. The van der Waals surface area contributed by atoms with E-state index in [1.807, 2.05) is 0 Å². The second kappa shape index (κ2) is 9.88. The molecule has 3 nitrogen and oxygen atoms in total. The zero-order valence-corrected chi connectivity index (χ0v) is 15.7. The predicted octanol–water partition coefficient (Wildman–Crippen LogP) is 4.66. The van der Waals surface area contributed by atoms with Crippen LogP contribution in [0.15, 0.2) is 16.7 Å². The lowest BCUT2D eigenvalue weighted by Gasteiger charge is -2.10. The summed E-state index contributed by atoms with van der Waals surface area (Å²) < 4.78 is 10.9. The highest BCUT2D eigenvalue weighted by molar-refractivity contribution is 6.87. The molecule has 0 aliphatic heterocycles. The first kappa shape index (κ1) is 19.0. The van der Waals surface area contributed by atoms with Gasteiger partial charge in [0.05, 0.1) is 18.3 Å². The van der Waals surface area contributed by atoms with Crippen molar-refractivity contribution in [3.8, 4) is 0 Å². The molecule has 0 N–H and O–H groups in total. The van der Waals surface area contributed by atoms with Gasteiger partial charge in [-0.2, -0.15) is 0 Å². The highest BCUT2D eigenvalue weighted by Crippen LogP contribution is 2.09. The summed E-state index contributed by atoms with van der Waals surface area (Å²) in [5.41, 5.74) is 1.11. The predicted molar refractivity (Wildman–Crippen MR) is 94.3 cm³/mol. The lowest BCUT2D eigenvalue weighted by Crippen LogP contribution is -2.36. The third kappa shape index (κ3) is 7.83. The molecule has 0 saturated heterocycles. The molecule has 0 amide bonds. The van der Waals surface area contributed by atoms with Crippen LogP contribution in [0.4, 0.5) is 0 Å². The van der Waals surface area contributed by atoms with Crippen LogP contribution in [-0.4, -0.2) is 20.7 Å². The molecule has 0 unspecified atom stereocenters. The summed E-state index contributed by atoms with van der Waals surface area (Å²) in [4.78, 5) is 11.7. The minimum Gasteiger partial charge on any atom is -0.474 e. The molecular weight excluding hydrogens is 292 g/mol. The van der Waals surface area contributed by atoms with Crippen molar-refractivity contribution in [1.29, 1.82) is 0 Å². The van der Waals surface area contributed by atoms with E-state index in [1.54, 1.807) is 6.26 Å². The van der Waals surface area contributed by atoms with Gasteiger partial charge in [-0.05, 0) is 24.5 Å². The molecule has 0 saturated carbocycles. The number of aryl methyl sites for hydroxylation is 1. The second-order valence-electron chi connectivity index (χ2n) is 7.06. The minimum atomic E-state index is -1.39. The zero-order valence-electron chi connectivity index (χ0n) is 14.7. The van der Waals surface area contributed by atoms with Gasteiger partial charge in [0.2, 0.25) is 0 Å². The molecule has 0 fully saturated rings. The molecule has 1 aromatic heterocycles. The van der Waals surface area contributed by atoms with Crippen molar-refractivity contribution < 1.29 is 13.9 Å². The Kier molecular flexibility index (Phi) is 8.54. The molecule has 0 spiro atoms. The van der Waals surface area contributed by atoms with Gasteiger partial charge in [-0.25, -0.2) is 0 Å². The SMILES string of the molecule is CCCCCCCCOC(=O)CCc1coc([Si](C)(C)C)c1. The molecule has 0 atom stereocenters. The number of carbonyl (C=O) groups is 1. The summed E-state index contributed by atoms with van der Waals surface area (Å²) in [7, 11) is -1.39. The largest absolute Gasteiger partial charge is 0.474 e. The van der Waals surface area contributed by atoms with Crippen LogP contribution in [0.2, 0.25) is 19.6 Å². The molecule has 0 radical (unpaired) electrons. The maximum Gasteiger partial charge on any atom is 0.306 e. The summed E-state index contributed by atoms with van der Waals surface area (Å²) in [6, 6.07) is 2.10. The molecule has 22 heavy (non-hydrogen) atoms. The molecule has 1 rings (SSSR count). The van der Waals surface area contributed by atoms with Crippen molar-refractivity contribution in [2.24, 2.45) is 0 Å². The normalized spacial score (nSPS) is 11.6. The fourth-order valence-electron chi connectivity index (χ4n) is 2.29. The van der Waals surface area contributed by atoms with Crippen molar-refractivity contribution in [2.75, 3.05) is 6.61 Å². The van der Waals surface area contributed by atoms with Crippen LogP contribution in [-0.2, 0) is 16.0 Å². The Hall–Kier alpha value is -1.03. The van der Waals surface area contributed by atoms with Crippen molar-refractivity contribution in [3.63, 3.8) is 0 Å². The van der Waals surface area contributed by atoms with Crippen LogP contribution < -0.4 is 5.38 Å². The number of ether oxygens (including phenoxy) is 1. The highest BCUT2D eigenvalue weighted by atomic mass is 28.3. The van der Waals surface area contributed by atoms with Gasteiger partial charge in [0, 0.05) is 6.42 Å². The Morgan fingerprint density at radius 2 is 1.82 bits per heavy atom. The van der Waals surface area contributed by atoms with Gasteiger partial charge in [-0.3, -0.25) is 4.79 Å². The van der Waals surface area contributed by atoms with E-state index in [9.17, 15) is 4.79 Å². The number of furan rings is 1. The molecule has 1 heterocycles. The van der Waals surface area contributed by atoms with E-state index in [0.29, 0.717) is 19.4 Å². The summed E-state index contributed by atoms with van der Waals surface area (Å²) in [5.74, 6) is -0.0932. The summed E-state index contributed by atoms with van der Waals surface area (Å²) in [6.07, 6.45) is 10.2. The lowest BCUT2D eigenvalue weighted by atomic mass is 10.1. The molecule has 0 aromatic carbocycles. The van der Waals surface area contributed by atoms with Gasteiger partial charge in [0.1, 0.15) is 8.07 Å². The Balaban J connectivity index is 2.12. The monoisotopic (exact) mass is 324 g/mol. The average Bonchev–Trinajstić information content (AvgIpc) is 2.93. The second-order valence-corrected chi connectivity index (χ2v) is 12.1. The Labute approximate surface area is 136 Å². The molecule has 1 aromatic rings. The third-order valence-corrected chi connectivity index (χ3v) is 5.51. The highest BCUT2D eigenvalue weighted by Gasteiger charge is 2.21. The Bertz CT molecular complexity index is 432. The number of carbonyl (C=O) groups excluding carboxylic acids is 1. The van der Waals surface area contributed by atoms with E-state index in [-0.39, 0.29) is 5.97 Å². The first-order valence-electron chi connectivity index (χ1n) is 8.67. The smallest absolute Gasteiger partial charge is 0.306 e. The van der Waals surface area contributed by atoms with Crippen molar-refractivity contribution in [1.82, 2.24) is 0 Å². The molecule has 0 aliphatic carbocycles. The quantitative estimate of drug-likeness (QED) is 0.337. The van der Waals surface area contributed by atoms with E-state index in [2.05, 4.69) is 32.6 Å². The van der Waals surface area contributed by atoms with Crippen LogP contribution >= 0.6 is 0 Å². The summed E-state index contributed by atoms with van der Waals surface area (Å²) in [5, 5.41) is 1.10. The minimum absolute atomic E-state index is 0.0932. The van der Waals surface area contributed by atoms with Gasteiger partial charge in [-0.1, -0.05) is 58.7 Å². The lowest BCUT2D eigenvalue weighted by molar-refractivity contribution is -0.143. The van der Waals surface area contributed by atoms with Crippen LogP contribution in [0.1, 0.15) is 57.4 Å². The standard InChI is InChI=1S/C18H32O3Si/c1-5-6-7-8-9-10-13-20-17(19)12-11-16-14-18(21-15-16)22(2,3)4/h14-15H,5-13H2,1-4H3. The van der Waals surface area contributed by atoms with Gasteiger partial charge < -0.3 is 9.15 Å². The Morgan fingerprint density at radius 3 is 2.45 bits per heavy atom. The third-order valence-electron chi connectivity index (χ3n) is 3.77. The van der Waals surface area contributed by atoms with Gasteiger partial charge in [0.15, 0.2) is 0 Å². The first-order valence-corrected chi connectivity index (χ1v) is 12.2. The van der Waals surface area contributed by atoms with E-state index >= 15 is 0 Å². The molecule has 0 bridgehead atoms. The number of rotatable bonds is 11. The first-order chi connectivity index (χ1) is 10.4. The van der Waals surface area contributed by atoms with E-state index in [0.717, 1.165) is 23.8 Å². The van der Waals surface area contributed by atoms with Crippen molar-refractivity contribution in [2.45, 2.75) is 77.9 Å². The fraction of sp³-hybridized carbons (Fsp3) is 0.722. The van der Waals surface area contributed by atoms with E-state index in [1.165, 1.54) is 25.7 Å². The molecule has 0 aliphatic rings. The summed E-state index contributed by atoms with van der Waals surface area (Å²) >= 11 is 0. The van der Waals surface area contributed by atoms with Gasteiger partial charge in [0.25, 0.3) is 0 Å². The number of hydrogen-bond acceptors (Lipinski definition) is 3.